The molecule has 0 radical (unpaired) electrons. The van der Waals surface area contributed by atoms with Crippen molar-refractivity contribution in [2.24, 2.45) is 5.92 Å². The fraction of sp³-hybridized carbons (Fsp3) is 0.435. The molecule has 1 aliphatic heterocycles. The van der Waals surface area contributed by atoms with Crippen LogP contribution in [0.5, 0.6) is 11.5 Å². The van der Waals surface area contributed by atoms with Crippen LogP contribution in [0.4, 0.5) is 5.69 Å². The molecule has 28 heavy (non-hydrogen) atoms. The number of carbonyl (C=O) groups is 1. The Morgan fingerprint density at radius 1 is 1.04 bits per heavy atom. The minimum absolute atomic E-state index is 0.167. The first-order chi connectivity index (χ1) is 13.6. The van der Waals surface area contributed by atoms with Gasteiger partial charge in [0.05, 0.1) is 14.2 Å². The molecule has 0 aliphatic carbocycles. The number of nitrogens with one attached hydrogen (secondary N) is 1. The molecule has 0 aromatic heterocycles. The Morgan fingerprint density at radius 3 is 2.36 bits per heavy atom. The summed E-state index contributed by atoms with van der Waals surface area (Å²) in [5, 5.41) is 2.94. The van der Waals surface area contributed by atoms with Gasteiger partial charge in [0.2, 0.25) is 0 Å². The lowest BCUT2D eigenvalue weighted by molar-refractivity contribution is 0.102. The van der Waals surface area contributed by atoms with E-state index in [9.17, 15) is 4.79 Å². The predicted molar refractivity (Wildman–Crippen MR) is 112 cm³/mol. The zero-order valence-corrected chi connectivity index (χ0v) is 17.0. The Morgan fingerprint density at radius 2 is 1.71 bits per heavy atom. The van der Waals surface area contributed by atoms with Gasteiger partial charge in [0.25, 0.3) is 5.91 Å². The number of carbonyl (C=O) groups excluding carboxylic acids is 1. The maximum atomic E-state index is 12.5. The molecule has 0 unspecified atom stereocenters. The average Bonchev–Trinajstić information content (AvgIpc) is 2.73. The highest BCUT2D eigenvalue weighted by Gasteiger charge is 2.16. The van der Waals surface area contributed by atoms with Crippen LogP contribution < -0.4 is 14.8 Å². The second-order valence-electron chi connectivity index (χ2n) is 7.51. The third-order valence-electron chi connectivity index (χ3n) is 5.54. The Bertz CT molecular complexity index is 781. The number of amides is 1. The van der Waals surface area contributed by atoms with Crippen LogP contribution in [0.25, 0.3) is 0 Å². The van der Waals surface area contributed by atoms with Gasteiger partial charge in [-0.05, 0) is 87.6 Å². The van der Waals surface area contributed by atoms with E-state index in [0.29, 0.717) is 17.1 Å². The fourth-order valence-electron chi connectivity index (χ4n) is 3.66. The standard InChI is InChI=1S/C23H30N2O3/c1-25-14-12-18(13-15-25)5-4-17-6-9-20(10-7-17)24-23(26)19-8-11-21(27-2)22(16-19)28-3/h6-11,16,18H,4-5,12-15H2,1-3H3,(H,24,26). The number of hydrogen-bond acceptors (Lipinski definition) is 4. The van der Waals surface area contributed by atoms with Gasteiger partial charge in [-0.15, -0.1) is 0 Å². The number of rotatable bonds is 7. The van der Waals surface area contributed by atoms with Gasteiger partial charge in [0.1, 0.15) is 0 Å². The van der Waals surface area contributed by atoms with Gasteiger partial charge >= 0.3 is 0 Å². The van der Waals surface area contributed by atoms with Gasteiger partial charge in [-0.1, -0.05) is 12.1 Å². The molecular formula is C23H30N2O3. The van der Waals surface area contributed by atoms with Crippen molar-refractivity contribution in [2.75, 3.05) is 39.7 Å². The van der Waals surface area contributed by atoms with E-state index in [2.05, 4.69) is 29.4 Å². The maximum absolute atomic E-state index is 12.5. The van der Waals surface area contributed by atoms with Crippen LogP contribution in [-0.4, -0.2) is 45.2 Å². The lowest BCUT2D eigenvalue weighted by Gasteiger charge is -2.28. The first-order valence-corrected chi connectivity index (χ1v) is 9.90. The van der Waals surface area contributed by atoms with Crippen LogP contribution in [0.3, 0.4) is 0 Å². The van der Waals surface area contributed by atoms with E-state index in [1.807, 2.05) is 12.1 Å². The monoisotopic (exact) mass is 382 g/mol. The minimum Gasteiger partial charge on any atom is -0.493 e. The number of hydrogen-bond donors (Lipinski definition) is 1. The first-order valence-electron chi connectivity index (χ1n) is 9.90. The highest BCUT2D eigenvalue weighted by molar-refractivity contribution is 6.04. The van der Waals surface area contributed by atoms with E-state index in [4.69, 9.17) is 9.47 Å². The van der Waals surface area contributed by atoms with Crippen molar-refractivity contribution < 1.29 is 14.3 Å². The summed E-state index contributed by atoms with van der Waals surface area (Å²) in [7, 11) is 5.33. The first kappa shape index (κ1) is 20.2. The molecule has 5 heteroatoms. The molecular weight excluding hydrogens is 352 g/mol. The summed E-state index contributed by atoms with van der Waals surface area (Å²) >= 11 is 0. The second-order valence-corrected chi connectivity index (χ2v) is 7.51. The van der Waals surface area contributed by atoms with Crippen molar-refractivity contribution >= 4 is 11.6 Å². The van der Waals surface area contributed by atoms with Crippen molar-refractivity contribution in [3.8, 4) is 11.5 Å². The van der Waals surface area contributed by atoms with Gasteiger partial charge in [0.15, 0.2) is 11.5 Å². The Labute approximate surface area is 167 Å². The molecule has 0 saturated carbocycles. The van der Waals surface area contributed by atoms with E-state index in [0.717, 1.165) is 18.0 Å². The number of methoxy groups -OCH3 is 2. The normalized spacial score (nSPS) is 15.2. The average molecular weight is 383 g/mol. The van der Waals surface area contributed by atoms with Crippen LogP contribution in [0.2, 0.25) is 0 Å². The Kier molecular flexibility index (Phi) is 6.93. The third kappa shape index (κ3) is 5.26. The van der Waals surface area contributed by atoms with E-state index >= 15 is 0 Å². The number of nitrogens with zero attached hydrogens (tertiary/aromatic N) is 1. The number of anilines is 1. The molecule has 2 aromatic rings. The van der Waals surface area contributed by atoms with Crippen LogP contribution in [-0.2, 0) is 6.42 Å². The van der Waals surface area contributed by atoms with Crippen LogP contribution in [0.15, 0.2) is 42.5 Å². The molecule has 1 aliphatic rings. The molecule has 150 valence electrons. The zero-order valence-electron chi connectivity index (χ0n) is 17.0. The zero-order chi connectivity index (χ0) is 19.9. The van der Waals surface area contributed by atoms with E-state index in [1.165, 1.54) is 37.9 Å². The minimum atomic E-state index is -0.167. The Balaban J connectivity index is 1.54. The van der Waals surface area contributed by atoms with Crippen LogP contribution in [0, 0.1) is 5.92 Å². The van der Waals surface area contributed by atoms with E-state index in [-0.39, 0.29) is 5.91 Å². The molecule has 1 fully saturated rings. The summed E-state index contributed by atoms with van der Waals surface area (Å²) < 4.78 is 10.5. The van der Waals surface area contributed by atoms with Crippen molar-refractivity contribution in [1.82, 2.24) is 4.90 Å². The topological polar surface area (TPSA) is 50.8 Å². The lowest BCUT2D eigenvalue weighted by atomic mass is 9.91. The van der Waals surface area contributed by atoms with Gasteiger partial charge in [-0.2, -0.15) is 0 Å². The van der Waals surface area contributed by atoms with Gasteiger partial charge < -0.3 is 19.7 Å². The molecule has 0 atom stereocenters. The molecule has 2 aromatic carbocycles. The van der Waals surface area contributed by atoms with Crippen molar-refractivity contribution in [3.63, 3.8) is 0 Å². The molecule has 3 rings (SSSR count). The van der Waals surface area contributed by atoms with Crippen molar-refractivity contribution in [1.29, 1.82) is 0 Å². The fourth-order valence-corrected chi connectivity index (χ4v) is 3.66. The summed E-state index contributed by atoms with van der Waals surface area (Å²) in [5.41, 5.74) is 2.65. The summed E-state index contributed by atoms with van der Waals surface area (Å²) in [6, 6.07) is 13.3. The molecule has 1 N–H and O–H groups in total. The number of piperidine rings is 1. The summed E-state index contributed by atoms with van der Waals surface area (Å²) in [6.45, 7) is 2.43. The highest BCUT2D eigenvalue weighted by atomic mass is 16.5. The van der Waals surface area contributed by atoms with E-state index < -0.39 is 0 Å². The van der Waals surface area contributed by atoms with Gasteiger partial charge in [-0.3, -0.25) is 4.79 Å². The summed E-state index contributed by atoms with van der Waals surface area (Å²) in [4.78, 5) is 14.9. The number of likely N-dealkylation sites (tertiary alicyclic amines) is 1. The molecule has 0 spiro atoms. The number of ether oxygens (including phenoxy) is 2. The second kappa shape index (κ2) is 9.60. The van der Waals surface area contributed by atoms with Crippen molar-refractivity contribution in [2.45, 2.75) is 25.7 Å². The lowest BCUT2D eigenvalue weighted by Crippen LogP contribution is -2.30. The molecule has 1 heterocycles. The summed E-state index contributed by atoms with van der Waals surface area (Å²) in [5.74, 6) is 1.81. The third-order valence-corrected chi connectivity index (χ3v) is 5.54. The van der Waals surface area contributed by atoms with Crippen LogP contribution >= 0.6 is 0 Å². The maximum Gasteiger partial charge on any atom is 0.255 e. The molecule has 1 amide bonds. The smallest absolute Gasteiger partial charge is 0.255 e. The van der Waals surface area contributed by atoms with Gasteiger partial charge in [0, 0.05) is 11.3 Å². The SMILES string of the molecule is COc1ccc(C(=O)Nc2ccc(CCC3CCN(C)CC3)cc2)cc1OC. The molecule has 0 bridgehead atoms. The highest BCUT2D eigenvalue weighted by Crippen LogP contribution is 2.28. The predicted octanol–water partition coefficient (Wildman–Crippen LogP) is 4.23. The summed E-state index contributed by atoms with van der Waals surface area (Å²) in [6.07, 6.45) is 4.94. The van der Waals surface area contributed by atoms with Crippen molar-refractivity contribution in [3.05, 3.63) is 53.6 Å². The van der Waals surface area contributed by atoms with Gasteiger partial charge in [-0.25, -0.2) is 0 Å². The number of benzene rings is 2. The molecule has 1 saturated heterocycles. The number of aryl methyl sites for hydroxylation is 1. The largest absolute Gasteiger partial charge is 0.493 e. The van der Waals surface area contributed by atoms with E-state index in [1.54, 1.807) is 32.4 Å². The molecule has 5 nitrogen and oxygen atoms in total. The Hall–Kier alpha value is -2.53. The van der Waals surface area contributed by atoms with Crippen LogP contribution in [0.1, 0.15) is 35.2 Å². The quantitative estimate of drug-likeness (QED) is 0.779.